The van der Waals surface area contributed by atoms with Gasteiger partial charge in [-0.25, -0.2) is 4.98 Å². The highest BCUT2D eigenvalue weighted by Crippen LogP contribution is 2.32. The van der Waals surface area contributed by atoms with Gasteiger partial charge in [-0.3, -0.25) is 0 Å². The van der Waals surface area contributed by atoms with Crippen LogP contribution in [0.15, 0.2) is 22.7 Å². The van der Waals surface area contributed by atoms with Crippen LogP contribution in [0.5, 0.6) is 0 Å². The average molecular weight is 315 g/mol. The maximum atomic E-state index is 6.19. The molecule has 2 N–H and O–H groups in total. The molecule has 0 unspecified atom stereocenters. The summed E-state index contributed by atoms with van der Waals surface area (Å²) in [5.41, 5.74) is 8.76. The lowest BCUT2D eigenvalue weighted by Crippen LogP contribution is -2.05. The van der Waals surface area contributed by atoms with Crippen molar-refractivity contribution in [2.24, 2.45) is 12.8 Å². The van der Waals surface area contributed by atoms with Gasteiger partial charge in [-0.15, -0.1) is 0 Å². The minimum absolute atomic E-state index is 0.378. The predicted molar refractivity (Wildman–Crippen MR) is 74.0 cm³/mol. The summed E-state index contributed by atoms with van der Waals surface area (Å²) in [4.78, 5) is 4.26. The van der Waals surface area contributed by atoms with Gasteiger partial charge in [-0.2, -0.15) is 0 Å². The lowest BCUT2D eigenvalue weighted by molar-refractivity contribution is 0.798. The average Bonchev–Trinajstić information content (AvgIpc) is 2.58. The van der Waals surface area contributed by atoms with Crippen molar-refractivity contribution in [1.82, 2.24) is 9.55 Å². The molecule has 90 valence electrons. The van der Waals surface area contributed by atoms with E-state index in [1.165, 1.54) is 0 Å². The molecule has 17 heavy (non-hydrogen) atoms. The van der Waals surface area contributed by atoms with Gasteiger partial charge in [-0.05, 0) is 24.6 Å². The second-order valence-electron chi connectivity index (χ2n) is 3.89. The van der Waals surface area contributed by atoms with Gasteiger partial charge in [0.05, 0.1) is 12.2 Å². The summed E-state index contributed by atoms with van der Waals surface area (Å²) in [7, 11) is 1.93. The predicted octanol–water partition coefficient (Wildman–Crippen LogP) is 3.27. The first kappa shape index (κ1) is 12.6. The first-order valence-electron chi connectivity index (χ1n) is 5.22. The number of imidazole rings is 1. The number of hydrogen-bond donors (Lipinski definition) is 1. The molecule has 1 aromatic carbocycles. The van der Waals surface area contributed by atoms with Crippen LogP contribution in [-0.4, -0.2) is 9.55 Å². The van der Waals surface area contributed by atoms with Gasteiger partial charge < -0.3 is 10.3 Å². The molecule has 5 heteroatoms. The Morgan fingerprint density at radius 3 is 2.76 bits per heavy atom. The smallest absolute Gasteiger partial charge is 0.155 e. The molecule has 0 fully saturated rings. The third-order valence-electron chi connectivity index (χ3n) is 2.78. The zero-order valence-electron chi connectivity index (χ0n) is 9.67. The molecule has 0 saturated carbocycles. The molecule has 0 amide bonds. The molecule has 0 aliphatic heterocycles. The second kappa shape index (κ2) is 4.80. The van der Waals surface area contributed by atoms with E-state index < -0.39 is 0 Å². The number of aryl methyl sites for hydroxylation is 1. The van der Waals surface area contributed by atoms with E-state index in [1.54, 1.807) is 0 Å². The van der Waals surface area contributed by atoms with Gasteiger partial charge in [0.25, 0.3) is 0 Å². The van der Waals surface area contributed by atoms with Gasteiger partial charge in [0.1, 0.15) is 5.82 Å². The summed E-state index contributed by atoms with van der Waals surface area (Å²) < 4.78 is 2.96. The van der Waals surface area contributed by atoms with Gasteiger partial charge in [0, 0.05) is 17.1 Å². The van der Waals surface area contributed by atoms with Gasteiger partial charge in [0.15, 0.2) is 5.15 Å². The molecule has 0 aliphatic rings. The molecule has 1 aromatic heterocycles. The molecular weight excluding hydrogens is 302 g/mol. The van der Waals surface area contributed by atoms with E-state index >= 15 is 0 Å². The minimum Gasteiger partial charge on any atom is -0.329 e. The SMILES string of the molecule is Cc1ccc(Br)cc1-c1c(Cl)nc(CN)n1C. The number of aromatic nitrogens is 2. The maximum absolute atomic E-state index is 6.19. The fourth-order valence-corrected chi connectivity index (χ4v) is 2.52. The van der Waals surface area contributed by atoms with E-state index in [0.717, 1.165) is 27.1 Å². The number of rotatable bonds is 2. The Morgan fingerprint density at radius 1 is 1.47 bits per heavy atom. The summed E-state index contributed by atoms with van der Waals surface area (Å²) in [5.74, 6) is 0.782. The fourth-order valence-electron chi connectivity index (χ4n) is 1.83. The molecule has 0 spiro atoms. The summed E-state index contributed by atoms with van der Waals surface area (Å²) in [6, 6.07) is 6.09. The van der Waals surface area contributed by atoms with Gasteiger partial charge in [-0.1, -0.05) is 33.6 Å². The number of benzene rings is 1. The van der Waals surface area contributed by atoms with Crippen molar-refractivity contribution >= 4 is 27.5 Å². The number of nitrogens with zero attached hydrogens (tertiary/aromatic N) is 2. The van der Waals surface area contributed by atoms with E-state index in [0.29, 0.717) is 11.7 Å². The van der Waals surface area contributed by atoms with Gasteiger partial charge in [0.2, 0.25) is 0 Å². The Labute approximate surface area is 114 Å². The highest BCUT2D eigenvalue weighted by Gasteiger charge is 2.15. The molecule has 0 radical (unpaired) electrons. The molecule has 1 heterocycles. The molecule has 0 aliphatic carbocycles. The summed E-state index contributed by atoms with van der Waals surface area (Å²) >= 11 is 9.65. The Balaban J connectivity index is 2.68. The van der Waals surface area contributed by atoms with Crippen LogP contribution in [0.4, 0.5) is 0 Å². The summed E-state index contributed by atoms with van der Waals surface area (Å²) in [5, 5.41) is 0.495. The normalized spacial score (nSPS) is 10.9. The van der Waals surface area contributed by atoms with Crippen LogP contribution in [0.3, 0.4) is 0 Å². The van der Waals surface area contributed by atoms with Crippen LogP contribution in [0.2, 0.25) is 5.15 Å². The third-order valence-corrected chi connectivity index (χ3v) is 3.54. The zero-order chi connectivity index (χ0) is 12.6. The molecule has 0 atom stereocenters. The van der Waals surface area contributed by atoms with E-state index in [4.69, 9.17) is 17.3 Å². The van der Waals surface area contributed by atoms with Crippen molar-refractivity contribution < 1.29 is 0 Å². The summed E-state index contributed by atoms with van der Waals surface area (Å²) in [6.45, 7) is 2.43. The quantitative estimate of drug-likeness (QED) is 0.924. The van der Waals surface area contributed by atoms with E-state index in [1.807, 2.05) is 36.7 Å². The second-order valence-corrected chi connectivity index (χ2v) is 5.16. The summed E-state index contributed by atoms with van der Waals surface area (Å²) in [6.07, 6.45) is 0. The minimum atomic E-state index is 0.378. The maximum Gasteiger partial charge on any atom is 0.155 e. The van der Waals surface area contributed by atoms with Crippen LogP contribution in [-0.2, 0) is 13.6 Å². The first-order valence-corrected chi connectivity index (χ1v) is 6.39. The molecule has 2 rings (SSSR count). The Hall–Kier alpha value is -0.840. The molecule has 2 aromatic rings. The Morgan fingerprint density at radius 2 is 2.18 bits per heavy atom. The van der Waals surface area contributed by atoms with E-state index in [2.05, 4.69) is 20.9 Å². The fraction of sp³-hybridized carbons (Fsp3) is 0.250. The topological polar surface area (TPSA) is 43.8 Å². The van der Waals surface area contributed by atoms with Crippen molar-refractivity contribution in [3.05, 3.63) is 39.2 Å². The number of halogens is 2. The molecule has 0 bridgehead atoms. The van der Waals surface area contributed by atoms with Crippen molar-refractivity contribution in [3.8, 4) is 11.3 Å². The first-order chi connectivity index (χ1) is 8.04. The molecule has 0 saturated heterocycles. The van der Waals surface area contributed by atoms with Crippen molar-refractivity contribution in [2.45, 2.75) is 13.5 Å². The van der Waals surface area contributed by atoms with Crippen LogP contribution >= 0.6 is 27.5 Å². The van der Waals surface area contributed by atoms with Crippen molar-refractivity contribution in [3.63, 3.8) is 0 Å². The molecular formula is C12H13BrClN3. The highest BCUT2D eigenvalue weighted by atomic mass is 79.9. The van der Waals surface area contributed by atoms with Gasteiger partial charge >= 0.3 is 0 Å². The molecule has 3 nitrogen and oxygen atoms in total. The zero-order valence-corrected chi connectivity index (χ0v) is 12.0. The number of hydrogen-bond acceptors (Lipinski definition) is 2. The largest absolute Gasteiger partial charge is 0.329 e. The van der Waals surface area contributed by atoms with Crippen molar-refractivity contribution in [1.29, 1.82) is 0 Å². The van der Waals surface area contributed by atoms with Crippen LogP contribution in [0.25, 0.3) is 11.3 Å². The number of nitrogens with two attached hydrogens (primary N) is 1. The monoisotopic (exact) mass is 313 g/mol. The Kier molecular flexibility index (Phi) is 3.56. The van der Waals surface area contributed by atoms with Crippen LogP contribution in [0, 0.1) is 6.92 Å². The van der Waals surface area contributed by atoms with E-state index in [9.17, 15) is 0 Å². The Bertz CT molecular complexity index is 563. The van der Waals surface area contributed by atoms with Crippen LogP contribution in [0.1, 0.15) is 11.4 Å². The standard InChI is InChI=1S/C12H13BrClN3/c1-7-3-4-8(13)5-9(7)11-12(14)16-10(6-15)17(11)2/h3-5H,6,15H2,1-2H3. The third kappa shape index (κ3) is 2.25. The highest BCUT2D eigenvalue weighted by molar-refractivity contribution is 9.10. The lowest BCUT2D eigenvalue weighted by Gasteiger charge is -2.09. The lowest BCUT2D eigenvalue weighted by atomic mass is 10.1. The van der Waals surface area contributed by atoms with E-state index in [-0.39, 0.29) is 0 Å². The van der Waals surface area contributed by atoms with Crippen LogP contribution < -0.4 is 5.73 Å². The van der Waals surface area contributed by atoms with Crippen molar-refractivity contribution in [2.75, 3.05) is 0 Å².